The van der Waals surface area contributed by atoms with Crippen LogP contribution in [-0.4, -0.2) is 0 Å². The molecular formula is C15H12BrClF2. The molecule has 100 valence electrons. The highest BCUT2D eigenvalue weighted by Gasteiger charge is 2.17. The topological polar surface area (TPSA) is 0 Å². The monoisotopic (exact) mass is 344 g/mol. The van der Waals surface area contributed by atoms with Crippen molar-refractivity contribution in [3.63, 3.8) is 0 Å². The van der Waals surface area contributed by atoms with Crippen molar-refractivity contribution in [2.24, 2.45) is 0 Å². The van der Waals surface area contributed by atoms with E-state index in [9.17, 15) is 8.78 Å². The molecule has 0 aliphatic heterocycles. The van der Waals surface area contributed by atoms with Crippen LogP contribution in [0.3, 0.4) is 0 Å². The third kappa shape index (κ3) is 2.98. The molecule has 4 heteroatoms. The Kier molecular flexibility index (Phi) is 4.26. The van der Waals surface area contributed by atoms with Crippen molar-refractivity contribution in [3.8, 4) is 0 Å². The first-order chi connectivity index (χ1) is 8.90. The van der Waals surface area contributed by atoms with Crippen LogP contribution in [0.5, 0.6) is 0 Å². The first-order valence-corrected chi connectivity index (χ1v) is 6.98. The first kappa shape index (κ1) is 14.5. The molecule has 0 nitrogen and oxygen atoms in total. The van der Waals surface area contributed by atoms with Gasteiger partial charge in [-0.05, 0) is 42.7 Å². The third-order valence-electron chi connectivity index (χ3n) is 2.99. The molecule has 1 atom stereocenters. The Labute approximate surface area is 124 Å². The van der Waals surface area contributed by atoms with Gasteiger partial charge in [-0.25, -0.2) is 8.78 Å². The number of hydrogen-bond donors (Lipinski definition) is 0. The number of benzene rings is 2. The molecule has 19 heavy (non-hydrogen) atoms. The average molecular weight is 346 g/mol. The lowest BCUT2D eigenvalue weighted by Gasteiger charge is -2.14. The zero-order valence-corrected chi connectivity index (χ0v) is 12.8. The fraction of sp³-hybridized carbons (Fsp3) is 0.200. The zero-order valence-electron chi connectivity index (χ0n) is 10.5. The second-order valence-corrected chi connectivity index (χ2v) is 5.85. The average Bonchev–Trinajstić information content (AvgIpc) is 2.34. The second-order valence-electron chi connectivity index (χ2n) is 4.50. The van der Waals surface area contributed by atoms with Gasteiger partial charge in [-0.2, -0.15) is 0 Å². The normalized spacial score (nSPS) is 12.5. The van der Waals surface area contributed by atoms with Crippen molar-refractivity contribution in [3.05, 3.63) is 68.7 Å². The largest absolute Gasteiger partial charge is 0.207 e. The molecule has 0 N–H and O–H groups in total. The molecule has 2 aromatic rings. The predicted octanol–water partition coefficient (Wildman–Crippen LogP) is 5.67. The Morgan fingerprint density at radius 2 is 1.63 bits per heavy atom. The van der Waals surface area contributed by atoms with Crippen LogP contribution in [0.25, 0.3) is 0 Å². The molecule has 0 bridgehead atoms. The molecule has 0 heterocycles. The summed E-state index contributed by atoms with van der Waals surface area (Å²) in [4.78, 5) is 0. The lowest BCUT2D eigenvalue weighted by molar-refractivity contribution is 0.605. The minimum absolute atomic E-state index is 0.246. The van der Waals surface area contributed by atoms with Gasteiger partial charge >= 0.3 is 0 Å². The second kappa shape index (κ2) is 5.59. The van der Waals surface area contributed by atoms with Crippen LogP contribution in [0.4, 0.5) is 8.78 Å². The molecule has 2 rings (SSSR count). The first-order valence-electron chi connectivity index (χ1n) is 5.76. The summed E-state index contributed by atoms with van der Waals surface area (Å²) in [6.07, 6.45) is 0. The fourth-order valence-electron chi connectivity index (χ4n) is 2.01. The van der Waals surface area contributed by atoms with Gasteiger partial charge in [0.05, 0.1) is 5.38 Å². The Balaban J connectivity index is 2.47. The fourth-order valence-corrected chi connectivity index (χ4v) is 2.65. The highest BCUT2D eigenvalue weighted by atomic mass is 79.9. The molecule has 0 radical (unpaired) electrons. The van der Waals surface area contributed by atoms with Crippen molar-refractivity contribution in [1.82, 2.24) is 0 Å². The number of alkyl halides is 1. The van der Waals surface area contributed by atoms with Gasteiger partial charge < -0.3 is 0 Å². The van der Waals surface area contributed by atoms with Crippen molar-refractivity contribution < 1.29 is 8.78 Å². The van der Waals surface area contributed by atoms with Gasteiger partial charge in [0, 0.05) is 10.0 Å². The maximum atomic E-state index is 13.9. The Morgan fingerprint density at radius 1 is 1.05 bits per heavy atom. The van der Waals surface area contributed by atoms with E-state index in [1.165, 1.54) is 6.07 Å². The van der Waals surface area contributed by atoms with Crippen LogP contribution < -0.4 is 0 Å². The summed E-state index contributed by atoms with van der Waals surface area (Å²) >= 11 is 9.51. The maximum Gasteiger partial charge on any atom is 0.129 e. The summed E-state index contributed by atoms with van der Waals surface area (Å²) in [6.45, 7) is 3.35. The van der Waals surface area contributed by atoms with Crippen molar-refractivity contribution in [1.29, 1.82) is 0 Å². The molecule has 0 saturated carbocycles. The van der Waals surface area contributed by atoms with E-state index in [0.717, 1.165) is 0 Å². The van der Waals surface area contributed by atoms with E-state index in [2.05, 4.69) is 15.9 Å². The molecular weight excluding hydrogens is 334 g/mol. The van der Waals surface area contributed by atoms with Gasteiger partial charge in [-0.1, -0.05) is 34.1 Å². The molecule has 1 unspecified atom stereocenters. The van der Waals surface area contributed by atoms with E-state index in [1.807, 2.05) is 0 Å². The quantitative estimate of drug-likeness (QED) is 0.615. The molecule has 0 aliphatic carbocycles. The van der Waals surface area contributed by atoms with Gasteiger partial charge in [-0.15, -0.1) is 11.6 Å². The van der Waals surface area contributed by atoms with E-state index in [1.54, 1.807) is 38.1 Å². The van der Waals surface area contributed by atoms with E-state index in [0.29, 0.717) is 26.7 Å². The molecule has 0 aliphatic rings. The van der Waals surface area contributed by atoms with Crippen LogP contribution in [0.15, 0.2) is 34.8 Å². The summed E-state index contributed by atoms with van der Waals surface area (Å²) in [5.41, 5.74) is 2.10. The van der Waals surface area contributed by atoms with Crippen molar-refractivity contribution in [2.45, 2.75) is 19.2 Å². The molecule has 2 aromatic carbocycles. The predicted molar refractivity (Wildman–Crippen MR) is 77.7 cm³/mol. The Morgan fingerprint density at radius 3 is 2.16 bits per heavy atom. The number of hydrogen-bond acceptors (Lipinski definition) is 0. The molecule has 0 fully saturated rings. The summed E-state index contributed by atoms with van der Waals surface area (Å²) in [6, 6.07) is 8.04. The SMILES string of the molecule is Cc1cc(C(Cl)c2ccc(Br)cc2F)cc(C)c1F. The number of rotatable bonds is 2. The van der Waals surface area contributed by atoms with Crippen LogP contribution in [-0.2, 0) is 0 Å². The van der Waals surface area contributed by atoms with Gasteiger partial charge in [-0.3, -0.25) is 0 Å². The highest BCUT2D eigenvalue weighted by molar-refractivity contribution is 9.10. The summed E-state index contributed by atoms with van der Waals surface area (Å²) < 4.78 is 28.1. The van der Waals surface area contributed by atoms with Crippen LogP contribution in [0, 0.1) is 25.5 Å². The summed E-state index contributed by atoms with van der Waals surface area (Å²) in [7, 11) is 0. The van der Waals surface area contributed by atoms with Gasteiger partial charge in [0.2, 0.25) is 0 Å². The lowest BCUT2D eigenvalue weighted by atomic mass is 9.99. The summed E-state index contributed by atoms with van der Waals surface area (Å²) in [5, 5.41) is -0.633. The highest BCUT2D eigenvalue weighted by Crippen LogP contribution is 2.33. The maximum absolute atomic E-state index is 13.9. The van der Waals surface area contributed by atoms with Crippen LogP contribution in [0.1, 0.15) is 27.6 Å². The Hall–Kier alpha value is -0.930. The molecule has 0 spiro atoms. The lowest BCUT2D eigenvalue weighted by Crippen LogP contribution is -2.00. The van der Waals surface area contributed by atoms with Crippen molar-refractivity contribution >= 4 is 27.5 Å². The minimum atomic E-state index is -0.633. The van der Waals surface area contributed by atoms with Gasteiger partial charge in [0.15, 0.2) is 0 Å². The zero-order chi connectivity index (χ0) is 14.2. The van der Waals surface area contributed by atoms with Crippen LogP contribution >= 0.6 is 27.5 Å². The van der Waals surface area contributed by atoms with E-state index < -0.39 is 5.38 Å². The molecule has 0 saturated heterocycles. The summed E-state index contributed by atoms with van der Waals surface area (Å²) in [5.74, 6) is -0.627. The van der Waals surface area contributed by atoms with E-state index in [4.69, 9.17) is 11.6 Å². The molecule has 0 amide bonds. The number of halogens is 4. The minimum Gasteiger partial charge on any atom is -0.207 e. The van der Waals surface area contributed by atoms with E-state index >= 15 is 0 Å². The van der Waals surface area contributed by atoms with Crippen molar-refractivity contribution in [2.75, 3.05) is 0 Å². The number of aryl methyl sites for hydroxylation is 2. The smallest absolute Gasteiger partial charge is 0.129 e. The Bertz CT molecular complexity index is 603. The van der Waals surface area contributed by atoms with Gasteiger partial charge in [0.25, 0.3) is 0 Å². The third-order valence-corrected chi connectivity index (χ3v) is 3.97. The molecule has 0 aromatic heterocycles. The standard InChI is InChI=1S/C15H12BrClF2/c1-8-5-10(6-9(2)15(8)19)14(17)12-4-3-11(16)7-13(12)18/h3-7,14H,1-2H3. The van der Waals surface area contributed by atoms with Crippen LogP contribution in [0.2, 0.25) is 0 Å². The van der Waals surface area contributed by atoms with Gasteiger partial charge in [0.1, 0.15) is 11.6 Å². The van der Waals surface area contributed by atoms with E-state index in [-0.39, 0.29) is 11.6 Å².